The summed E-state index contributed by atoms with van der Waals surface area (Å²) in [7, 11) is 0. The Labute approximate surface area is 174 Å². The summed E-state index contributed by atoms with van der Waals surface area (Å²) in [5.41, 5.74) is 2.30. The molecule has 4 rings (SSSR count). The average molecular weight is 405 g/mol. The van der Waals surface area contributed by atoms with Gasteiger partial charge >= 0.3 is 0 Å². The number of phenols is 1. The molecule has 0 bridgehead atoms. The molecular weight excluding hydrogens is 382 g/mol. The van der Waals surface area contributed by atoms with Crippen LogP contribution in [0.5, 0.6) is 5.75 Å². The van der Waals surface area contributed by atoms with Gasteiger partial charge in [-0.3, -0.25) is 4.79 Å². The Morgan fingerprint density at radius 3 is 2.47 bits per heavy atom. The van der Waals surface area contributed by atoms with Gasteiger partial charge in [-0.15, -0.1) is 0 Å². The molecule has 0 unspecified atom stereocenters. The molecule has 3 N–H and O–H groups in total. The molecule has 0 atom stereocenters. The molecule has 0 spiro atoms. The van der Waals surface area contributed by atoms with Crippen molar-refractivity contribution in [3.05, 3.63) is 54.9 Å². The topological polar surface area (TPSA) is 107 Å². The molecule has 2 heterocycles. The highest BCUT2D eigenvalue weighted by Crippen LogP contribution is 2.28. The van der Waals surface area contributed by atoms with Crippen molar-refractivity contribution in [1.82, 2.24) is 15.0 Å². The van der Waals surface area contributed by atoms with Crippen molar-refractivity contribution in [2.75, 3.05) is 46.6 Å². The molecule has 9 nitrogen and oxygen atoms in total. The molecule has 3 aromatic rings. The van der Waals surface area contributed by atoms with Crippen LogP contribution >= 0.6 is 0 Å². The number of para-hydroxylation sites is 2. The van der Waals surface area contributed by atoms with Gasteiger partial charge in [0, 0.05) is 44.5 Å². The van der Waals surface area contributed by atoms with E-state index in [1.54, 1.807) is 6.07 Å². The van der Waals surface area contributed by atoms with E-state index in [0.717, 1.165) is 37.6 Å². The largest absolute Gasteiger partial charge is 0.506 e. The summed E-state index contributed by atoms with van der Waals surface area (Å²) in [6.07, 6.45) is 1.48. The van der Waals surface area contributed by atoms with Crippen molar-refractivity contribution in [2.45, 2.75) is 6.92 Å². The van der Waals surface area contributed by atoms with Gasteiger partial charge < -0.3 is 25.5 Å². The van der Waals surface area contributed by atoms with Crippen LogP contribution in [-0.2, 0) is 4.79 Å². The van der Waals surface area contributed by atoms with Crippen LogP contribution in [0.2, 0.25) is 0 Å². The number of hydrogen-bond acceptors (Lipinski definition) is 8. The van der Waals surface area contributed by atoms with E-state index in [4.69, 9.17) is 0 Å². The maximum absolute atomic E-state index is 11.2. The number of aromatic nitrogens is 3. The number of piperazine rings is 1. The third-order valence-electron chi connectivity index (χ3n) is 4.78. The highest BCUT2D eigenvalue weighted by Gasteiger charge is 2.21. The second kappa shape index (κ2) is 8.64. The van der Waals surface area contributed by atoms with Gasteiger partial charge in [-0.1, -0.05) is 18.2 Å². The first-order valence-electron chi connectivity index (χ1n) is 9.70. The number of carbonyl (C=O) groups is 1. The first kappa shape index (κ1) is 19.4. The smallest absolute Gasteiger partial charge is 0.231 e. The van der Waals surface area contributed by atoms with E-state index in [2.05, 4.69) is 35.4 Å². The first-order chi connectivity index (χ1) is 14.6. The minimum Gasteiger partial charge on any atom is -0.506 e. The van der Waals surface area contributed by atoms with Crippen molar-refractivity contribution >= 4 is 34.9 Å². The zero-order chi connectivity index (χ0) is 20.9. The summed E-state index contributed by atoms with van der Waals surface area (Å²) < 4.78 is 0. The molecule has 9 heteroatoms. The molecule has 0 radical (unpaired) electrons. The summed E-state index contributed by atoms with van der Waals surface area (Å²) in [6, 6.07) is 14.7. The second-order valence-electron chi connectivity index (χ2n) is 6.96. The van der Waals surface area contributed by atoms with Crippen molar-refractivity contribution in [3.8, 4) is 5.75 Å². The van der Waals surface area contributed by atoms with Gasteiger partial charge in [0.2, 0.25) is 17.8 Å². The van der Waals surface area contributed by atoms with Crippen molar-refractivity contribution < 1.29 is 9.90 Å². The molecule has 1 saturated heterocycles. The predicted molar refractivity (Wildman–Crippen MR) is 116 cm³/mol. The van der Waals surface area contributed by atoms with Crippen molar-refractivity contribution in [3.63, 3.8) is 0 Å². The molecule has 0 saturated carbocycles. The fourth-order valence-electron chi connectivity index (χ4n) is 3.39. The SMILES string of the molecule is CC(=O)Nc1cccc(Nc2ncnc(N3CCN(c4ccccc4O)CC3)n2)c1. The van der Waals surface area contributed by atoms with Crippen LogP contribution in [-0.4, -0.2) is 52.1 Å². The third-order valence-corrected chi connectivity index (χ3v) is 4.78. The molecule has 1 fully saturated rings. The Hall–Kier alpha value is -3.88. The lowest BCUT2D eigenvalue weighted by Gasteiger charge is -2.36. The van der Waals surface area contributed by atoms with E-state index in [1.165, 1.54) is 13.3 Å². The molecule has 1 aliphatic rings. The zero-order valence-electron chi connectivity index (χ0n) is 16.6. The number of aromatic hydroxyl groups is 1. The van der Waals surface area contributed by atoms with Gasteiger partial charge in [0.15, 0.2) is 0 Å². The van der Waals surface area contributed by atoms with Crippen molar-refractivity contribution in [1.29, 1.82) is 0 Å². The molecule has 0 aliphatic carbocycles. The maximum Gasteiger partial charge on any atom is 0.231 e. The molecule has 1 aromatic heterocycles. The van der Waals surface area contributed by atoms with E-state index in [0.29, 0.717) is 23.3 Å². The maximum atomic E-state index is 11.2. The quantitative estimate of drug-likeness (QED) is 0.595. The number of benzene rings is 2. The Balaban J connectivity index is 1.42. The number of nitrogens with one attached hydrogen (secondary N) is 2. The van der Waals surface area contributed by atoms with Crippen LogP contribution < -0.4 is 20.4 Å². The summed E-state index contributed by atoms with van der Waals surface area (Å²) >= 11 is 0. The van der Waals surface area contributed by atoms with Gasteiger partial charge in [0.1, 0.15) is 12.1 Å². The molecular formula is C21H23N7O2. The number of carbonyl (C=O) groups excluding carboxylic acids is 1. The highest BCUT2D eigenvalue weighted by molar-refractivity contribution is 5.89. The summed E-state index contributed by atoms with van der Waals surface area (Å²) in [5, 5.41) is 16.0. The predicted octanol–water partition coefficient (Wildman–Crippen LogP) is 2.61. The van der Waals surface area contributed by atoms with Crippen LogP contribution in [0.3, 0.4) is 0 Å². The number of anilines is 5. The van der Waals surface area contributed by atoms with Gasteiger partial charge in [0.25, 0.3) is 0 Å². The Kier molecular flexibility index (Phi) is 5.60. The van der Waals surface area contributed by atoms with E-state index in [9.17, 15) is 9.90 Å². The standard InChI is InChI=1S/C21H23N7O2/c1-15(29)24-16-5-4-6-17(13-16)25-20-22-14-23-21(26-20)28-11-9-27(10-12-28)18-7-2-3-8-19(18)30/h2-8,13-14,30H,9-12H2,1H3,(H,24,29)(H,22,23,25,26). The minimum atomic E-state index is -0.127. The molecule has 1 amide bonds. The fraction of sp³-hybridized carbons (Fsp3) is 0.238. The Bertz CT molecular complexity index is 1040. The number of amides is 1. The third kappa shape index (κ3) is 4.57. The number of rotatable bonds is 5. The van der Waals surface area contributed by atoms with Crippen LogP contribution in [0.4, 0.5) is 29.0 Å². The normalized spacial score (nSPS) is 13.8. The zero-order valence-corrected chi connectivity index (χ0v) is 16.6. The van der Waals surface area contributed by atoms with Crippen LogP contribution in [0.25, 0.3) is 0 Å². The Morgan fingerprint density at radius 1 is 0.967 bits per heavy atom. The minimum absolute atomic E-state index is 0.127. The van der Waals surface area contributed by atoms with Crippen molar-refractivity contribution in [2.24, 2.45) is 0 Å². The number of hydrogen-bond donors (Lipinski definition) is 3. The second-order valence-corrected chi connectivity index (χ2v) is 6.96. The van der Waals surface area contributed by atoms with Gasteiger partial charge in [0.05, 0.1) is 5.69 Å². The number of phenolic OH excluding ortho intramolecular Hbond substituents is 1. The lowest BCUT2D eigenvalue weighted by atomic mass is 10.2. The van der Waals surface area contributed by atoms with Gasteiger partial charge in [-0.25, -0.2) is 9.97 Å². The molecule has 2 aromatic carbocycles. The van der Waals surface area contributed by atoms with Gasteiger partial charge in [-0.2, -0.15) is 4.98 Å². The molecule has 154 valence electrons. The first-order valence-corrected chi connectivity index (χ1v) is 9.70. The lowest BCUT2D eigenvalue weighted by Crippen LogP contribution is -2.47. The van der Waals surface area contributed by atoms with E-state index >= 15 is 0 Å². The van der Waals surface area contributed by atoms with Crippen LogP contribution in [0.15, 0.2) is 54.9 Å². The van der Waals surface area contributed by atoms with E-state index < -0.39 is 0 Å². The summed E-state index contributed by atoms with van der Waals surface area (Å²) in [4.78, 5) is 28.5. The molecule has 1 aliphatic heterocycles. The monoisotopic (exact) mass is 405 g/mol. The van der Waals surface area contributed by atoms with Crippen LogP contribution in [0, 0.1) is 0 Å². The lowest BCUT2D eigenvalue weighted by molar-refractivity contribution is -0.114. The average Bonchev–Trinajstić information content (AvgIpc) is 2.74. The highest BCUT2D eigenvalue weighted by atomic mass is 16.3. The van der Waals surface area contributed by atoms with Crippen LogP contribution in [0.1, 0.15) is 6.92 Å². The van der Waals surface area contributed by atoms with Gasteiger partial charge in [-0.05, 0) is 30.3 Å². The summed E-state index contributed by atoms with van der Waals surface area (Å²) in [5.74, 6) is 1.20. The summed E-state index contributed by atoms with van der Waals surface area (Å²) in [6.45, 7) is 4.44. The Morgan fingerprint density at radius 2 is 1.70 bits per heavy atom. The fourth-order valence-corrected chi connectivity index (χ4v) is 3.39. The number of nitrogens with zero attached hydrogens (tertiary/aromatic N) is 5. The van der Waals surface area contributed by atoms with E-state index in [1.807, 2.05) is 42.5 Å². The molecule has 30 heavy (non-hydrogen) atoms. The van der Waals surface area contributed by atoms with E-state index in [-0.39, 0.29) is 5.91 Å².